The maximum absolute atomic E-state index is 11.3. The minimum atomic E-state index is -3.87. The highest BCUT2D eigenvalue weighted by Gasteiger charge is 2.13. The molecule has 1 aromatic carbocycles. The monoisotopic (exact) mass is 336 g/mol. The summed E-state index contributed by atoms with van der Waals surface area (Å²) in [6.07, 6.45) is 0.203. The van der Waals surface area contributed by atoms with Gasteiger partial charge in [-0.15, -0.1) is 0 Å². The molecule has 0 spiro atoms. The Bertz CT molecular complexity index is 640. The molecule has 0 atom stereocenters. The molecule has 1 aromatic rings. The molecule has 0 bridgehead atoms. The van der Waals surface area contributed by atoms with E-state index in [4.69, 9.17) is 32.3 Å². The molecule has 0 radical (unpaired) electrons. The molecule has 0 aromatic heterocycles. The van der Waals surface area contributed by atoms with Gasteiger partial charge < -0.3 is 10.1 Å². The van der Waals surface area contributed by atoms with Crippen molar-refractivity contribution < 1.29 is 17.9 Å². The molecule has 0 aliphatic carbocycles. The molecule has 0 saturated heterocycles. The summed E-state index contributed by atoms with van der Waals surface area (Å²) in [6, 6.07) is 5.54. The summed E-state index contributed by atoms with van der Waals surface area (Å²) in [5.41, 5.74) is 0. The van der Waals surface area contributed by atoms with E-state index in [0.29, 0.717) is 0 Å². The molecule has 0 heterocycles. The first kappa shape index (κ1) is 16.6. The third-order valence-electron chi connectivity index (χ3n) is 2.10. The zero-order chi connectivity index (χ0) is 15.2. The summed E-state index contributed by atoms with van der Waals surface area (Å²) in [5, 5.41) is 10.8. The summed E-state index contributed by atoms with van der Waals surface area (Å²) < 4.78 is 27.3. The van der Waals surface area contributed by atoms with Crippen LogP contribution in [0.25, 0.3) is 0 Å². The van der Waals surface area contributed by atoms with E-state index < -0.39 is 15.0 Å². The van der Waals surface area contributed by atoms with Crippen LogP contribution in [0.5, 0.6) is 5.75 Å². The number of nitriles is 1. The first-order chi connectivity index (χ1) is 9.34. The van der Waals surface area contributed by atoms with Gasteiger partial charge in [0.25, 0.3) is 15.0 Å². The van der Waals surface area contributed by atoms with Crippen molar-refractivity contribution in [1.82, 2.24) is 5.32 Å². The Morgan fingerprint density at radius 2 is 2.15 bits per heavy atom. The van der Waals surface area contributed by atoms with E-state index in [-0.39, 0.29) is 35.2 Å². The summed E-state index contributed by atoms with van der Waals surface area (Å²) in [5.74, 6) is -0.253. The molecule has 20 heavy (non-hydrogen) atoms. The lowest BCUT2D eigenvalue weighted by molar-refractivity contribution is -0.123. The zero-order valence-electron chi connectivity index (χ0n) is 10.1. The van der Waals surface area contributed by atoms with Crippen LogP contribution in [0, 0.1) is 11.3 Å². The minimum Gasteiger partial charge on any atom is -0.482 e. The van der Waals surface area contributed by atoms with Crippen molar-refractivity contribution in [2.45, 2.75) is 11.3 Å². The van der Waals surface area contributed by atoms with Crippen molar-refractivity contribution in [3.63, 3.8) is 0 Å². The third kappa shape index (κ3) is 5.25. The summed E-state index contributed by atoms with van der Waals surface area (Å²) >= 11 is 5.82. The van der Waals surface area contributed by atoms with Crippen molar-refractivity contribution in [3.05, 3.63) is 23.2 Å². The first-order valence-corrected chi connectivity index (χ1v) is 8.04. The van der Waals surface area contributed by atoms with Crippen LogP contribution in [-0.2, 0) is 13.8 Å². The van der Waals surface area contributed by atoms with Gasteiger partial charge >= 0.3 is 0 Å². The van der Waals surface area contributed by atoms with E-state index >= 15 is 0 Å². The van der Waals surface area contributed by atoms with Crippen LogP contribution in [0.3, 0.4) is 0 Å². The Morgan fingerprint density at radius 1 is 1.45 bits per heavy atom. The van der Waals surface area contributed by atoms with Crippen molar-refractivity contribution in [2.75, 3.05) is 13.2 Å². The SMILES string of the molecule is N#CCCNC(=O)COc1ccc(S(=O)(=O)Cl)cc1Cl. The molecular formula is C11H10Cl2N2O4S. The molecule has 108 valence electrons. The van der Waals surface area contributed by atoms with Gasteiger partial charge in [0.2, 0.25) is 0 Å². The summed E-state index contributed by atoms with van der Waals surface area (Å²) in [7, 11) is 1.30. The molecule has 1 rings (SSSR count). The van der Waals surface area contributed by atoms with E-state index in [0.717, 1.165) is 6.07 Å². The van der Waals surface area contributed by atoms with Crippen LogP contribution in [0.1, 0.15) is 6.42 Å². The topological polar surface area (TPSA) is 96.3 Å². The van der Waals surface area contributed by atoms with Gasteiger partial charge in [-0.25, -0.2) is 8.42 Å². The van der Waals surface area contributed by atoms with Crippen LogP contribution in [-0.4, -0.2) is 27.5 Å². The number of nitrogens with zero attached hydrogens (tertiary/aromatic N) is 1. The fraction of sp³-hybridized carbons (Fsp3) is 0.273. The number of hydrogen-bond acceptors (Lipinski definition) is 5. The Hall–Kier alpha value is -1.49. The van der Waals surface area contributed by atoms with Crippen molar-refractivity contribution in [1.29, 1.82) is 5.26 Å². The Kier molecular flexibility index (Phi) is 6.07. The van der Waals surface area contributed by atoms with E-state index in [9.17, 15) is 13.2 Å². The molecule has 1 amide bonds. The normalized spacial score (nSPS) is 10.7. The average molecular weight is 337 g/mol. The number of benzene rings is 1. The zero-order valence-corrected chi connectivity index (χ0v) is 12.4. The van der Waals surface area contributed by atoms with Gasteiger partial charge in [0, 0.05) is 17.2 Å². The van der Waals surface area contributed by atoms with Crippen LogP contribution in [0.15, 0.2) is 23.1 Å². The highest BCUT2D eigenvalue weighted by molar-refractivity contribution is 8.13. The van der Waals surface area contributed by atoms with Crippen molar-refractivity contribution in [2.24, 2.45) is 0 Å². The van der Waals surface area contributed by atoms with Gasteiger partial charge in [-0.3, -0.25) is 4.79 Å². The number of carbonyl (C=O) groups is 1. The quantitative estimate of drug-likeness (QED) is 0.629. The number of amides is 1. The summed E-state index contributed by atoms with van der Waals surface area (Å²) in [6.45, 7) is -0.0615. The van der Waals surface area contributed by atoms with Crippen LogP contribution in [0.2, 0.25) is 5.02 Å². The van der Waals surface area contributed by atoms with E-state index in [1.165, 1.54) is 12.1 Å². The minimum absolute atomic E-state index is 0.0246. The molecule has 6 nitrogen and oxygen atoms in total. The van der Waals surface area contributed by atoms with Crippen LogP contribution >= 0.6 is 22.3 Å². The number of ether oxygens (including phenoxy) is 1. The second-order valence-electron chi connectivity index (χ2n) is 3.58. The van der Waals surface area contributed by atoms with E-state index in [1.54, 1.807) is 0 Å². The highest BCUT2D eigenvalue weighted by Crippen LogP contribution is 2.28. The fourth-order valence-corrected chi connectivity index (χ4v) is 2.28. The number of rotatable bonds is 6. The largest absolute Gasteiger partial charge is 0.482 e. The third-order valence-corrected chi connectivity index (χ3v) is 3.75. The summed E-state index contributed by atoms with van der Waals surface area (Å²) in [4.78, 5) is 11.2. The number of halogens is 2. The van der Waals surface area contributed by atoms with Crippen molar-refractivity contribution >= 4 is 37.2 Å². The standard InChI is InChI=1S/C11H10Cl2N2O4S/c12-9-6-8(20(13,17)18)2-3-10(9)19-7-11(16)15-5-1-4-14/h2-3,6H,1,5,7H2,(H,15,16). The maximum Gasteiger partial charge on any atom is 0.261 e. The van der Waals surface area contributed by atoms with E-state index in [1.807, 2.05) is 6.07 Å². The van der Waals surface area contributed by atoms with Gasteiger partial charge in [0.05, 0.1) is 22.4 Å². The molecular weight excluding hydrogens is 327 g/mol. The molecule has 1 N–H and O–H groups in total. The second kappa shape index (κ2) is 7.33. The van der Waals surface area contributed by atoms with Gasteiger partial charge in [0.1, 0.15) is 5.75 Å². The van der Waals surface area contributed by atoms with Gasteiger partial charge in [-0.2, -0.15) is 5.26 Å². The number of nitrogens with one attached hydrogen (secondary N) is 1. The van der Waals surface area contributed by atoms with Crippen LogP contribution in [0.4, 0.5) is 0 Å². The Morgan fingerprint density at radius 3 is 2.70 bits per heavy atom. The molecule has 9 heteroatoms. The lowest BCUT2D eigenvalue weighted by atomic mass is 10.3. The second-order valence-corrected chi connectivity index (χ2v) is 6.55. The van der Waals surface area contributed by atoms with Gasteiger partial charge in [0.15, 0.2) is 6.61 Å². The predicted molar refractivity (Wildman–Crippen MR) is 73.2 cm³/mol. The molecule has 0 aliphatic rings. The van der Waals surface area contributed by atoms with Gasteiger partial charge in [-0.1, -0.05) is 11.6 Å². The maximum atomic E-state index is 11.3. The Labute approximate surface area is 125 Å². The fourth-order valence-electron chi connectivity index (χ4n) is 1.20. The number of carbonyl (C=O) groups excluding carboxylic acids is 1. The lowest BCUT2D eigenvalue weighted by Gasteiger charge is -2.08. The van der Waals surface area contributed by atoms with Crippen LogP contribution < -0.4 is 10.1 Å². The lowest BCUT2D eigenvalue weighted by Crippen LogP contribution is -2.29. The highest BCUT2D eigenvalue weighted by atomic mass is 35.7. The van der Waals surface area contributed by atoms with Crippen molar-refractivity contribution in [3.8, 4) is 11.8 Å². The average Bonchev–Trinajstić information content (AvgIpc) is 2.36. The molecule has 0 fully saturated rings. The Balaban J connectivity index is 2.62. The predicted octanol–water partition coefficient (Wildman–Crippen LogP) is 1.68. The first-order valence-electron chi connectivity index (χ1n) is 5.35. The van der Waals surface area contributed by atoms with E-state index in [2.05, 4.69) is 5.32 Å². The molecule has 0 saturated carbocycles. The molecule has 0 aliphatic heterocycles. The molecule has 0 unspecified atom stereocenters. The van der Waals surface area contributed by atoms with Gasteiger partial charge in [-0.05, 0) is 18.2 Å². The number of hydrogen-bond donors (Lipinski definition) is 1. The smallest absolute Gasteiger partial charge is 0.261 e.